The fourth-order valence-corrected chi connectivity index (χ4v) is 3.72. The molecule has 2 aliphatic rings. The molecule has 0 spiro atoms. The first-order chi connectivity index (χ1) is 13.2. The van der Waals surface area contributed by atoms with Crippen LogP contribution in [-0.2, 0) is 0 Å². The Bertz CT molecular complexity index is 703. The van der Waals surface area contributed by atoms with Crippen LogP contribution < -0.4 is 14.2 Å². The van der Waals surface area contributed by atoms with E-state index >= 15 is 0 Å². The molecule has 0 aliphatic carbocycles. The molecule has 144 valence electrons. The molecule has 0 saturated carbocycles. The van der Waals surface area contributed by atoms with E-state index in [2.05, 4.69) is 23.9 Å². The smallest absolute Gasteiger partial charge is 0.169 e. The maximum Gasteiger partial charge on any atom is 0.169 e. The standard InChI is InChI=1S/C22H28N2O3/c1-23-13-11-17(15-23)25-19-7-3-5-9-21(19)27-22-10-6-4-8-20(22)26-18-12-14-24(2)16-18/h3-10,17-18H,11-16H2,1-2H3. The third kappa shape index (κ3) is 4.54. The van der Waals surface area contributed by atoms with Crippen molar-refractivity contribution in [3.8, 4) is 23.0 Å². The van der Waals surface area contributed by atoms with Gasteiger partial charge >= 0.3 is 0 Å². The molecule has 0 radical (unpaired) electrons. The second kappa shape index (κ2) is 8.19. The first kappa shape index (κ1) is 18.1. The Kier molecular flexibility index (Phi) is 5.50. The monoisotopic (exact) mass is 368 g/mol. The van der Waals surface area contributed by atoms with Crippen molar-refractivity contribution in [3.05, 3.63) is 48.5 Å². The molecule has 4 rings (SSSR count). The summed E-state index contributed by atoms with van der Waals surface area (Å²) in [4.78, 5) is 4.58. The zero-order valence-corrected chi connectivity index (χ0v) is 16.1. The lowest BCUT2D eigenvalue weighted by molar-refractivity contribution is 0.194. The Morgan fingerprint density at radius 1 is 0.667 bits per heavy atom. The van der Waals surface area contributed by atoms with E-state index in [1.165, 1.54) is 0 Å². The Morgan fingerprint density at radius 3 is 1.44 bits per heavy atom. The molecule has 2 aliphatic heterocycles. The molecule has 2 saturated heterocycles. The molecular weight excluding hydrogens is 340 g/mol. The largest absolute Gasteiger partial charge is 0.485 e. The number of ether oxygens (including phenoxy) is 3. The van der Waals surface area contributed by atoms with Gasteiger partial charge in [0.15, 0.2) is 23.0 Å². The first-order valence-corrected chi connectivity index (χ1v) is 9.73. The first-order valence-electron chi connectivity index (χ1n) is 9.73. The van der Waals surface area contributed by atoms with Gasteiger partial charge in [-0.2, -0.15) is 0 Å². The summed E-state index contributed by atoms with van der Waals surface area (Å²) in [7, 11) is 4.25. The van der Waals surface area contributed by atoms with Gasteiger partial charge in [0.05, 0.1) is 0 Å². The molecule has 2 aromatic rings. The number of hydrogen-bond acceptors (Lipinski definition) is 5. The van der Waals surface area contributed by atoms with Crippen molar-refractivity contribution >= 4 is 0 Å². The number of para-hydroxylation sites is 4. The van der Waals surface area contributed by atoms with Crippen molar-refractivity contribution in [3.63, 3.8) is 0 Å². The van der Waals surface area contributed by atoms with Crippen LogP contribution in [0.1, 0.15) is 12.8 Å². The minimum atomic E-state index is 0.209. The van der Waals surface area contributed by atoms with E-state index in [1.807, 2.05) is 48.5 Å². The summed E-state index contributed by atoms with van der Waals surface area (Å²) in [5.41, 5.74) is 0. The van der Waals surface area contributed by atoms with Gasteiger partial charge in [-0.05, 0) is 51.2 Å². The summed E-state index contributed by atoms with van der Waals surface area (Å²) >= 11 is 0. The molecule has 0 N–H and O–H groups in total. The minimum Gasteiger partial charge on any atom is -0.485 e. The van der Waals surface area contributed by atoms with Crippen molar-refractivity contribution in [2.24, 2.45) is 0 Å². The lowest BCUT2D eigenvalue weighted by atomic mass is 10.2. The van der Waals surface area contributed by atoms with Crippen LogP contribution in [0.3, 0.4) is 0 Å². The van der Waals surface area contributed by atoms with Crippen LogP contribution in [0.25, 0.3) is 0 Å². The molecule has 2 unspecified atom stereocenters. The molecular formula is C22H28N2O3. The Balaban J connectivity index is 1.49. The van der Waals surface area contributed by atoms with Gasteiger partial charge in [-0.25, -0.2) is 0 Å². The third-order valence-corrected chi connectivity index (χ3v) is 5.20. The topological polar surface area (TPSA) is 34.2 Å². The van der Waals surface area contributed by atoms with E-state index in [4.69, 9.17) is 14.2 Å². The van der Waals surface area contributed by atoms with E-state index in [0.717, 1.165) is 62.0 Å². The minimum absolute atomic E-state index is 0.209. The molecule has 5 heteroatoms. The summed E-state index contributed by atoms with van der Waals surface area (Å²) in [5.74, 6) is 3.03. The fourth-order valence-electron chi connectivity index (χ4n) is 3.72. The Hall–Kier alpha value is -2.24. The predicted molar refractivity (Wildman–Crippen MR) is 106 cm³/mol. The van der Waals surface area contributed by atoms with Gasteiger partial charge in [-0.15, -0.1) is 0 Å². The zero-order chi connectivity index (χ0) is 18.6. The highest BCUT2D eigenvalue weighted by Gasteiger charge is 2.24. The van der Waals surface area contributed by atoms with E-state index in [9.17, 15) is 0 Å². The highest BCUT2D eigenvalue weighted by molar-refractivity contribution is 5.47. The number of nitrogens with zero attached hydrogens (tertiary/aromatic N) is 2. The van der Waals surface area contributed by atoms with Crippen molar-refractivity contribution < 1.29 is 14.2 Å². The molecule has 5 nitrogen and oxygen atoms in total. The molecule has 2 fully saturated rings. The maximum absolute atomic E-state index is 6.24. The van der Waals surface area contributed by atoms with Gasteiger partial charge < -0.3 is 24.0 Å². The van der Waals surface area contributed by atoms with Gasteiger partial charge in [0.2, 0.25) is 0 Å². The lowest BCUT2D eigenvalue weighted by Gasteiger charge is -2.19. The molecule has 2 heterocycles. The van der Waals surface area contributed by atoms with Crippen LogP contribution >= 0.6 is 0 Å². The number of benzene rings is 2. The quantitative estimate of drug-likeness (QED) is 0.778. The number of rotatable bonds is 6. The van der Waals surface area contributed by atoms with Crippen LogP contribution in [0.2, 0.25) is 0 Å². The number of hydrogen-bond donors (Lipinski definition) is 0. The normalized spacial score (nSPS) is 23.5. The highest BCUT2D eigenvalue weighted by atomic mass is 16.5. The molecule has 27 heavy (non-hydrogen) atoms. The molecule has 0 aromatic heterocycles. The molecule has 2 aromatic carbocycles. The van der Waals surface area contributed by atoms with E-state index in [-0.39, 0.29) is 12.2 Å². The zero-order valence-electron chi connectivity index (χ0n) is 16.1. The van der Waals surface area contributed by atoms with E-state index < -0.39 is 0 Å². The van der Waals surface area contributed by atoms with E-state index in [1.54, 1.807) is 0 Å². The second-order valence-electron chi connectivity index (χ2n) is 7.58. The lowest BCUT2D eigenvalue weighted by Crippen LogP contribution is -2.22. The summed E-state index contributed by atoms with van der Waals surface area (Å²) in [6.45, 7) is 4.03. The van der Waals surface area contributed by atoms with Gasteiger partial charge in [0.1, 0.15) is 12.2 Å². The average Bonchev–Trinajstić information content (AvgIpc) is 3.26. The van der Waals surface area contributed by atoms with Gasteiger partial charge in [-0.1, -0.05) is 24.3 Å². The maximum atomic E-state index is 6.24. The highest BCUT2D eigenvalue weighted by Crippen LogP contribution is 2.37. The SMILES string of the molecule is CN1CCC(Oc2ccccc2Oc2ccccc2OC2CCN(C)C2)C1. The van der Waals surface area contributed by atoms with Gasteiger partial charge in [-0.3, -0.25) is 0 Å². The van der Waals surface area contributed by atoms with Crippen LogP contribution in [0.5, 0.6) is 23.0 Å². The molecule has 2 atom stereocenters. The second-order valence-corrected chi connectivity index (χ2v) is 7.58. The summed E-state index contributed by atoms with van der Waals surface area (Å²) < 4.78 is 18.7. The van der Waals surface area contributed by atoms with E-state index in [0.29, 0.717) is 0 Å². The molecule has 0 bridgehead atoms. The fraction of sp³-hybridized carbons (Fsp3) is 0.455. The van der Waals surface area contributed by atoms with Crippen molar-refractivity contribution in [1.82, 2.24) is 9.80 Å². The van der Waals surface area contributed by atoms with Crippen LogP contribution in [0.15, 0.2) is 48.5 Å². The van der Waals surface area contributed by atoms with Crippen LogP contribution in [0, 0.1) is 0 Å². The number of likely N-dealkylation sites (tertiary alicyclic amines) is 2. The van der Waals surface area contributed by atoms with Gasteiger partial charge in [0.25, 0.3) is 0 Å². The summed E-state index contributed by atoms with van der Waals surface area (Å²) in [6, 6.07) is 15.8. The van der Waals surface area contributed by atoms with Crippen LogP contribution in [0.4, 0.5) is 0 Å². The Morgan fingerprint density at radius 2 is 1.07 bits per heavy atom. The van der Waals surface area contributed by atoms with Crippen molar-refractivity contribution in [1.29, 1.82) is 0 Å². The van der Waals surface area contributed by atoms with Crippen LogP contribution in [-0.4, -0.2) is 62.3 Å². The number of likely N-dealkylation sites (N-methyl/N-ethyl adjacent to an activating group) is 2. The summed E-state index contributed by atoms with van der Waals surface area (Å²) in [5, 5.41) is 0. The molecule has 0 amide bonds. The Labute approximate surface area is 161 Å². The van der Waals surface area contributed by atoms with Crippen molar-refractivity contribution in [2.75, 3.05) is 40.3 Å². The summed E-state index contributed by atoms with van der Waals surface area (Å²) in [6.07, 6.45) is 2.50. The van der Waals surface area contributed by atoms with Gasteiger partial charge in [0, 0.05) is 26.2 Å². The third-order valence-electron chi connectivity index (χ3n) is 5.20. The van der Waals surface area contributed by atoms with Crippen molar-refractivity contribution in [2.45, 2.75) is 25.0 Å². The average molecular weight is 368 g/mol. The predicted octanol–water partition coefficient (Wildman–Crippen LogP) is 3.64.